The fourth-order valence-electron chi connectivity index (χ4n) is 1.22. The van der Waals surface area contributed by atoms with E-state index in [1.165, 1.54) is 6.26 Å². The van der Waals surface area contributed by atoms with Crippen LogP contribution < -0.4 is 10.0 Å². The Morgan fingerprint density at radius 2 is 2.25 bits per heavy atom. The number of nitrogens with one attached hydrogen (secondary N) is 2. The molecule has 1 aliphatic heterocycles. The van der Waals surface area contributed by atoms with E-state index < -0.39 is 10.0 Å². The highest BCUT2D eigenvalue weighted by Gasteiger charge is 2.23. The van der Waals surface area contributed by atoms with Gasteiger partial charge in [0.2, 0.25) is 10.0 Å². The smallest absolute Gasteiger partial charge is 0.208 e. The van der Waals surface area contributed by atoms with Crippen LogP contribution in [-0.2, 0) is 10.0 Å². The minimum atomic E-state index is -3.01. The number of sulfonamides is 1. The van der Waals surface area contributed by atoms with E-state index in [-0.39, 0.29) is 0 Å². The van der Waals surface area contributed by atoms with E-state index in [1.807, 2.05) is 0 Å². The van der Waals surface area contributed by atoms with Gasteiger partial charge in [0.15, 0.2) is 0 Å². The molecule has 0 radical (unpaired) electrons. The van der Waals surface area contributed by atoms with Crippen molar-refractivity contribution in [1.29, 1.82) is 0 Å². The molecule has 0 aromatic carbocycles. The summed E-state index contributed by atoms with van der Waals surface area (Å²) in [5, 5.41) is 3.25. The second kappa shape index (κ2) is 3.72. The quantitative estimate of drug-likeness (QED) is 0.633. The van der Waals surface area contributed by atoms with Crippen LogP contribution in [0.5, 0.6) is 0 Å². The van der Waals surface area contributed by atoms with E-state index in [0.717, 1.165) is 13.0 Å². The van der Waals surface area contributed by atoms with Crippen LogP contribution in [-0.4, -0.2) is 33.8 Å². The lowest BCUT2D eigenvalue weighted by Crippen LogP contribution is -2.50. The highest BCUT2D eigenvalue weighted by Crippen LogP contribution is 2.12. The molecule has 4 nitrogen and oxygen atoms in total. The summed E-state index contributed by atoms with van der Waals surface area (Å²) in [6.45, 7) is 3.65. The van der Waals surface area contributed by atoms with E-state index in [9.17, 15) is 8.42 Å². The molecular weight excluding hydrogens is 176 g/mol. The molecule has 0 spiro atoms. The van der Waals surface area contributed by atoms with Crippen LogP contribution in [0, 0.1) is 5.92 Å². The summed E-state index contributed by atoms with van der Waals surface area (Å²) in [6.07, 6.45) is 2.35. The second-order valence-corrected chi connectivity index (χ2v) is 5.28. The number of hydrogen-bond acceptors (Lipinski definition) is 3. The van der Waals surface area contributed by atoms with Crippen molar-refractivity contribution in [2.24, 2.45) is 5.92 Å². The zero-order chi connectivity index (χ0) is 9.19. The zero-order valence-electron chi connectivity index (χ0n) is 7.50. The van der Waals surface area contributed by atoms with E-state index >= 15 is 0 Å². The van der Waals surface area contributed by atoms with E-state index in [1.54, 1.807) is 0 Å². The predicted molar refractivity (Wildman–Crippen MR) is 48.4 cm³/mol. The first-order chi connectivity index (χ1) is 5.49. The standard InChI is InChI=1S/C7H16N2O2S/c1-6(7-3-4-8-7)5-9-12(2,10)11/h6-9H,3-5H2,1-2H3. The Balaban J connectivity index is 2.22. The summed E-state index contributed by atoms with van der Waals surface area (Å²) in [7, 11) is -3.01. The molecule has 1 rings (SSSR count). The molecule has 0 aromatic rings. The highest BCUT2D eigenvalue weighted by molar-refractivity contribution is 7.88. The molecule has 1 aliphatic rings. The minimum absolute atomic E-state index is 0.383. The molecule has 1 fully saturated rings. The first-order valence-corrected chi connectivity index (χ1v) is 6.06. The summed E-state index contributed by atoms with van der Waals surface area (Å²) < 4.78 is 24.0. The van der Waals surface area contributed by atoms with Crippen LogP contribution in [0.3, 0.4) is 0 Å². The summed E-state index contributed by atoms with van der Waals surface area (Å²) in [5.41, 5.74) is 0. The third-order valence-corrected chi connectivity index (χ3v) is 2.91. The van der Waals surface area contributed by atoms with Crippen molar-refractivity contribution < 1.29 is 8.42 Å². The Bertz CT molecular complexity index is 234. The van der Waals surface area contributed by atoms with E-state index in [0.29, 0.717) is 18.5 Å². The molecule has 2 atom stereocenters. The molecule has 0 aliphatic carbocycles. The van der Waals surface area contributed by atoms with Crippen LogP contribution in [0.4, 0.5) is 0 Å². The lowest BCUT2D eigenvalue weighted by Gasteiger charge is -2.33. The minimum Gasteiger partial charge on any atom is -0.314 e. The fourth-order valence-corrected chi connectivity index (χ4v) is 1.79. The molecule has 12 heavy (non-hydrogen) atoms. The first-order valence-electron chi connectivity index (χ1n) is 4.17. The SMILES string of the molecule is CC(CNS(C)(=O)=O)C1CCN1. The van der Waals surface area contributed by atoms with Gasteiger partial charge >= 0.3 is 0 Å². The maximum atomic E-state index is 10.7. The van der Waals surface area contributed by atoms with Crippen LogP contribution >= 0.6 is 0 Å². The Kier molecular flexibility index (Phi) is 3.09. The maximum Gasteiger partial charge on any atom is 0.208 e. The maximum absolute atomic E-state index is 10.7. The normalized spacial score (nSPS) is 26.3. The Hall–Kier alpha value is -0.130. The van der Waals surface area contributed by atoms with Crippen LogP contribution in [0.1, 0.15) is 13.3 Å². The molecule has 0 amide bonds. The number of rotatable bonds is 4. The van der Waals surface area contributed by atoms with Gasteiger partial charge < -0.3 is 5.32 Å². The van der Waals surface area contributed by atoms with Crippen molar-refractivity contribution in [3.63, 3.8) is 0 Å². The van der Waals surface area contributed by atoms with E-state index in [4.69, 9.17) is 0 Å². The van der Waals surface area contributed by atoms with Gasteiger partial charge in [-0.05, 0) is 18.9 Å². The second-order valence-electron chi connectivity index (χ2n) is 3.45. The molecular formula is C7H16N2O2S. The van der Waals surface area contributed by atoms with Gasteiger partial charge in [-0.15, -0.1) is 0 Å². The Morgan fingerprint density at radius 1 is 1.67 bits per heavy atom. The Morgan fingerprint density at radius 3 is 2.58 bits per heavy atom. The molecule has 5 heteroatoms. The van der Waals surface area contributed by atoms with E-state index in [2.05, 4.69) is 17.0 Å². The van der Waals surface area contributed by atoms with Crippen molar-refractivity contribution in [2.45, 2.75) is 19.4 Å². The molecule has 2 unspecified atom stereocenters. The topological polar surface area (TPSA) is 58.2 Å². The summed E-state index contributed by atoms with van der Waals surface area (Å²) in [6, 6.07) is 0.499. The first kappa shape index (κ1) is 9.95. The van der Waals surface area contributed by atoms with Gasteiger partial charge in [-0.2, -0.15) is 0 Å². The van der Waals surface area contributed by atoms with Gasteiger partial charge in [0, 0.05) is 12.6 Å². The van der Waals surface area contributed by atoms with Gasteiger partial charge in [0.05, 0.1) is 6.26 Å². The van der Waals surface area contributed by atoms with Gasteiger partial charge in [-0.3, -0.25) is 0 Å². The third-order valence-electron chi connectivity index (χ3n) is 2.22. The largest absolute Gasteiger partial charge is 0.314 e. The summed E-state index contributed by atoms with van der Waals surface area (Å²) in [5.74, 6) is 0.383. The van der Waals surface area contributed by atoms with Gasteiger partial charge in [-0.25, -0.2) is 13.1 Å². The van der Waals surface area contributed by atoms with Crippen molar-refractivity contribution in [2.75, 3.05) is 19.3 Å². The fraction of sp³-hybridized carbons (Fsp3) is 1.00. The van der Waals surface area contributed by atoms with Crippen molar-refractivity contribution in [3.05, 3.63) is 0 Å². The molecule has 72 valence electrons. The highest BCUT2D eigenvalue weighted by atomic mass is 32.2. The average Bonchev–Trinajstić information content (AvgIpc) is 1.78. The van der Waals surface area contributed by atoms with Crippen LogP contribution in [0.15, 0.2) is 0 Å². The molecule has 0 bridgehead atoms. The van der Waals surface area contributed by atoms with Crippen molar-refractivity contribution in [1.82, 2.24) is 10.0 Å². The monoisotopic (exact) mass is 192 g/mol. The van der Waals surface area contributed by atoms with Gasteiger partial charge in [-0.1, -0.05) is 6.92 Å². The predicted octanol–water partition coefficient (Wildman–Crippen LogP) is -0.466. The van der Waals surface area contributed by atoms with Crippen molar-refractivity contribution >= 4 is 10.0 Å². The molecule has 2 N–H and O–H groups in total. The van der Waals surface area contributed by atoms with Crippen LogP contribution in [0.2, 0.25) is 0 Å². The van der Waals surface area contributed by atoms with Gasteiger partial charge in [0.25, 0.3) is 0 Å². The number of hydrogen-bond donors (Lipinski definition) is 2. The third kappa shape index (κ3) is 3.08. The average molecular weight is 192 g/mol. The molecule has 0 aromatic heterocycles. The van der Waals surface area contributed by atoms with Gasteiger partial charge in [0.1, 0.15) is 0 Å². The van der Waals surface area contributed by atoms with Crippen molar-refractivity contribution in [3.8, 4) is 0 Å². The van der Waals surface area contributed by atoms with Crippen LogP contribution in [0.25, 0.3) is 0 Å². The molecule has 0 saturated carbocycles. The summed E-state index contributed by atoms with van der Waals surface area (Å²) in [4.78, 5) is 0. The summed E-state index contributed by atoms with van der Waals surface area (Å²) >= 11 is 0. The zero-order valence-corrected chi connectivity index (χ0v) is 8.32. The lowest BCUT2D eigenvalue weighted by atomic mass is 9.94. The molecule has 1 saturated heterocycles. The Labute approximate surface area is 73.8 Å². The lowest BCUT2D eigenvalue weighted by molar-refractivity contribution is 0.276. The molecule has 1 heterocycles.